The van der Waals surface area contributed by atoms with Crippen LogP contribution in [-0.4, -0.2) is 49.4 Å². The molecule has 0 bridgehead atoms. The topological polar surface area (TPSA) is 75.7 Å². The van der Waals surface area contributed by atoms with Gasteiger partial charge in [-0.05, 0) is 32.1 Å². The Kier molecular flexibility index (Phi) is 10.7. The normalized spacial score (nSPS) is 13.4. The van der Waals surface area contributed by atoms with E-state index >= 15 is 0 Å². The number of ether oxygens (including phenoxy) is 1. The van der Waals surface area contributed by atoms with Gasteiger partial charge in [0, 0.05) is 13.5 Å². The minimum Gasteiger partial charge on any atom is -0.468 e. The van der Waals surface area contributed by atoms with Gasteiger partial charge in [0.05, 0.1) is 7.11 Å². The molecule has 0 aromatic carbocycles. The predicted molar refractivity (Wildman–Crippen MR) is 89.7 cm³/mol. The first-order chi connectivity index (χ1) is 10.8. The highest BCUT2D eigenvalue weighted by atomic mass is 16.5. The van der Waals surface area contributed by atoms with Crippen molar-refractivity contribution in [3.8, 4) is 0 Å². The number of allylic oxidation sites excluding steroid dienone is 2. The minimum atomic E-state index is -0.608. The molecular formula is C17H30N2O4. The van der Waals surface area contributed by atoms with Gasteiger partial charge in [0.15, 0.2) is 0 Å². The Labute approximate surface area is 139 Å². The van der Waals surface area contributed by atoms with Crippen LogP contribution in [0.3, 0.4) is 0 Å². The van der Waals surface area contributed by atoms with Gasteiger partial charge in [-0.15, -0.1) is 0 Å². The van der Waals surface area contributed by atoms with Gasteiger partial charge < -0.3 is 15.0 Å². The van der Waals surface area contributed by atoms with Crippen molar-refractivity contribution in [2.75, 3.05) is 20.7 Å². The fourth-order valence-electron chi connectivity index (χ4n) is 2.07. The summed E-state index contributed by atoms with van der Waals surface area (Å²) in [5, 5.41) is 2.75. The van der Waals surface area contributed by atoms with Crippen molar-refractivity contribution in [3.05, 3.63) is 12.2 Å². The summed E-state index contributed by atoms with van der Waals surface area (Å²) < 4.78 is 4.54. The molecule has 1 N–H and O–H groups in total. The third-order valence-corrected chi connectivity index (χ3v) is 3.65. The monoisotopic (exact) mass is 326 g/mol. The van der Waals surface area contributed by atoms with Gasteiger partial charge in [0.2, 0.25) is 11.8 Å². The van der Waals surface area contributed by atoms with E-state index in [0.717, 1.165) is 12.8 Å². The van der Waals surface area contributed by atoms with E-state index in [2.05, 4.69) is 23.1 Å². The first-order valence-electron chi connectivity index (χ1n) is 8.07. The molecule has 132 valence electrons. The largest absolute Gasteiger partial charge is 0.468 e. The maximum absolute atomic E-state index is 12.2. The van der Waals surface area contributed by atoms with Crippen molar-refractivity contribution in [3.63, 3.8) is 0 Å². The van der Waals surface area contributed by atoms with Crippen LogP contribution in [0.25, 0.3) is 0 Å². The summed E-state index contributed by atoms with van der Waals surface area (Å²) in [7, 11) is 2.79. The zero-order valence-corrected chi connectivity index (χ0v) is 14.9. The molecule has 0 aliphatic carbocycles. The van der Waals surface area contributed by atoms with Crippen molar-refractivity contribution in [2.45, 2.75) is 52.5 Å². The highest BCUT2D eigenvalue weighted by Gasteiger charge is 2.23. The zero-order valence-electron chi connectivity index (χ0n) is 14.9. The van der Waals surface area contributed by atoms with Crippen molar-refractivity contribution in [1.29, 1.82) is 0 Å². The molecule has 0 aromatic rings. The quantitative estimate of drug-likeness (QED) is 0.491. The van der Waals surface area contributed by atoms with Gasteiger partial charge in [0.25, 0.3) is 0 Å². The lowest BCUT2D eigenvalue weighted by Crippen LogP contribution is -2.48. The molecule has 0 spiro atoms. The van der Waals surface area contributed by atoms with E-state index in [1.165, 1.54) is 19.1 Å². The Morgan fingerprint density at radius 1 is 1.30 bits per heavy atom. The van der Waals surface area contributed by atoms with Gasteiger partial charge in [-0.25, -0.2) is 0 Å². The standard InChI is InChI=1S/C17H30N2O4/c1-6-8-9-13(3)10-11-15(20)18-14(7-2)17(22)19(4)12-16(21)23-5/h6,8,13-14H,7,9-12H2,1-5H3,(H,18,20)/b8-6+/t13-,14+/m1/s1. The number of nitrogens with zero attached hydrogens (tertiary/aromatic N) is 1. The molecule has 0 aromatic heterocycles. The Morgan fingerprint density at radius 3 is 2.48 bits per heavy atom. The third-order valence-electron chi connectivity index (χ3n) is 3.65. The highest BCUT2D eigenvalue weighted by molar-refractivity contribution is 5.89. The van der Waals surface area contributed by atoms with Gasteiger partial charge in [-0.3, -0.25) is 14.4 Å². The number of likely N-dealkylation sites (N-methyl/N-ethyl adjacent to an activating group) is 1. The van der Waals surface area contributed by atoms with Crippen LogP contribution < -0.4 is 5.32 Å². The number of rotatable bonds is 10. The molecule has 2 amide bonds. The van der Waals surface area contributed by atoms with Gasteiger partial charge in [-0.1, -0.05) is 26.0 Å². The van der Waals surface area contributed by atoms with Crippen LogP contribution in [0.5, 0.6) is 0 Å². The molecule has 0 heterocycles. The molecule has 0 saturated carbocycles. The number of esters is 1. The van der Waals surface area contributed by atoms with Crippen LogP contribution in [0.15, 0.2) is 12.2 Å². The lowest BCUT2D eigenvalue weighted by molar-refractivity contribution is -0.147. The maximum atomic E-state index is 12.2. The third kappa shape index (κ3) is 9.01. The molecule has 0 aliphatic heterocycles. The van der Waals surface area contributed by atoms with E-state index in [-0.39, 0.29) is 18.4 Å². The SMILES string of the molecule is C/C=C/C[C@@H](C)CCC(=O)N[C@@H](CC)C(=O)N(C)CC(=O)OC. The van der Waals surface area contributed by atoms with E-state index in [0.29, 0.717) is 18.8 Å². The average Bonchev–Trinajstić information content (AvgIpc) is 2.54. The number of hydrogen-bond donors (Lipinski definition) is 1. The number of amides is 2. The van der Waals surface area contributed by atoms with Crippen LogP contribution in [0.1, 0.15) is 46.5 Å². The molecule has 2 atom stereocenters. The van der Waals surface area contributed by atoms with Crippen molar-refractivity contribution >= 4 is 17.8 Å². The second kappa shape index (κ2) is 11.7. The molecule has 0 unspecified atom stereocenters. The number of nitrogens with one attached hydrogen (secondary N) is 1. The fourth-order valence-corrected chi connectivity index (χ4v) is 2.07. The van der Waals surface area contributed by atoms with E-state index < -0.39 is 12.0 Å². The molecule has 0 aliphatic rings. The summed E-state index contributed by atoms with van der Waals surface area (Å²) in [6, 6.07) is -0.608. The summed E-state index contributed by atoms with van der Waals surface area (Å²) in [6.07, 6.45) is 6.68. The Bertz CT molecular complexity index is 421. The highest BCUT2D eigenvalue weighted by Crippen LogP contribution is 2.11. The zero-order chi connectivity index (χ0) is 17.8. The fraction of sp³-hybridized carbons (Fsp3) is 0.706. The van der Waals surface area contributed by atoms with Gasteiger partial charge in [-0.2, -0.15) is 0 Å². The predicted octanol–water partition coefficient (Wildman–Crippen LogP) is 1.90. The Morgan fingerprint density at radius 2 is 1.96 bits per heavy atom. The average molecular weight is 326 g/mol. The second-order valence-electron chi connectivity index (χ2n) is 5.75. The smallest absolute Gasteiger partial charge is 0.325 e. The van der Waals surface area contributed by atoms with Crippen molar-refractivity contribution in [2.24, 2.45) is 5.92 Å². The molecule has 0 fully saturated rings. The number of carbonyl (C=O) groups excluding carboxylic acids is 3. The lowest BCUT2D eigenvalue weighted by atomic mass is 10.0. The van der Waals surface area contributed by atoms with E-state index in [9.17, 15) is 14.4 Å². The van der Waals surface area contributed by atoms with Gasteiger partial charge in [0.1, 0.15) is 12.6 Å². The summed E-state index contributed by atoms with van der Waals surface area (Å²) in [6.45, 7) is 5.77. The lowest BCUT2D eigenvalue weighted by Gasteiger charge is -2.23. The number of methoxy groups -OCH3 is 1. The number of hydrogen-bond acceptors (Lipinski definition) is 4. The van der Waals surface area contributed by atoms with Crippen LogP contribution in [0.4, 0.5) is 0 Å². The summed E-state index contributed by atoms with van der Waals surface area (Å²) >= 11 is 0. The number of carbonyl (C=O) groups is 3. The van der Waals surface area contributed by atoms with Crippen molar-refractivity contribution < 1.29 is 19.1 Å². The van der Waals surface area contributed by atoms with Crippen LogP contribution in [0, 0.1) is 5.92 Å². The first kappa shape index (κ1) is 21.1. The van der Waals surface area contributed by atoms with Crippen LogP contribution >= 0.6 is 0 Å². The minimum absolute atomic E-state index is 0.123. The molecule has 0 saturated heterocycles. The van der Waals surface area contributed by atoms with Crippen molar-refractivity contribution in [1.82, 2.24) is 10.2 Å². The van der Waals surface area contributed by atoms with Crippen LogP contribution in [-0.2, 0) is 19.1 Å². The van der Waals surface area contributed by atoms with E-state index in [1.807, 2.05) is 19.9 Å². The summed E-state index contributed by atoms with van der Waals surface area (Å²) in [4.78, 5) is 36.7. The van der Waals surface area contributed by atoms with E-state index in [4.69, 9.17) is 0 Å². The Balaban J connectivity index is 4.37. The molecule has 0 radical (unpaired) electrons. The van der Waals surface area contributed by atoms with Gasteiger partial charge >= 0.3 is 5.97 Å². The molecule has 6 nitrogen and oxygen atoms in total. The molecule has 23 heavy (non-hydrogen) atoms. The summed E-state index contributed by atoms with van der Waals surface area (Å²) in [5.41, 5.74) is 0. The second-order valence-corrected chi connectivity index (χ2v) is 5.75. The molecule has 0 rings (SSSR count). The molecular weight excluding hydrogens is 296 g/mol. The maximum Gasteiger partial charge on any atom is 0.325 e. The van der Waals surface area contributed by atoms with E-state index in [1.54, 1.807) is 0 Å². The van der Waals surface area contributed by atoms with Crippen LogP contribution in [0.2, 0.25) is 0 Å². The molecule has 6 heteroatoms. The summed E-state index contributed by atoms with van der Waals surface area (Å²) in [5.74, 6) is -0.480. The Hall–Kier alpha value is -1.85. The first-order valence-corrected chi connectivity index (χ1v) is 8.07.